The van der Waals surface area contributed by atoms with Crippen LogP contribution in [0.4, 0.5) is 8.78 Å². The van der Waals surface area contributed by atoms with Crippen LogP contribution < -0.4 is 16.2 Å². The molecule has 0 aromatic heterocycles. The van der Waals surface area contributed by atoms with Crippen LogP contribution >= 0.6 is 0 Å². The molecule has 1 heterocycles. The Morgan fingerprint density at radius 3 is 2.37 bits per heavy atom. The van der Waals surface area contributed by atoms with Gasteiger partial charge in [0.2, 0.25) is 0 Å². The predicted octanol–water partition coefficient (Wildman–Crippen LogP) is 2.70. The maximum absolute atomic E-state index is 13.9. The zero-order valence-corrected chi connectivity index (χ0v) is 15.2. The second-order valence-corrected chi connectivity index (χ2v) is 6.81. The van der Waals surface area contributed by atoms with E-state index in [4.69, 9.17) is 0 Å². The van der Waals surface area contributed by atoms with Crippen molar-refractivity contribution in [1.29, 1.82) is 0 Å². The topological polar surface area (TPSA) is 73.4 Å². The molecule has 3 rings (SSSR count). The smallest absolute Gasteiger partial charge is 0.251 e. The Hall–Kier alpha value is -2.35. The van der Waals surface area contributed by atoms with E-state index in [-0.39, 0.29) is 11.5 Å². The highest BCUT2D eigenvalue weighted by atomic mass is 19.1. The number of benzene rings is 2. The standard InChI is InChI=1S/C20H23F2N3O2/c1-11(19-17(21)4-3-5-18(19)22)25-20(27)13-6-7-15(14-9-23-24-10-14)16(8-13)12(2)26/h3-8,11-12,14,23-24,26H,9-10H2,1-2H3,(H,25,27)/t11-,12?/m1/s1. The van der Waals surface area contributed by atoms with E-state index in [1.54, 1.807) is 19.1 Å². The van der Waals surface area contributed by atoms with E-state index >= 15 is 0 Å². The Bertz CT molecular complexity index is 816. The number of rotatable bonds is 5. The maximum atomic E-state index is 13.9. The van der Waals surface area contributed by atoms with Gasteiger partial charge >= 0.3 is 0 Å². The monoisotopic (exact) mass is 375 g/mol. The minimum Gasteiger partial charge on any atom is -0.389 e. The molecule has 27 heavy (non-hydrogen) atoms. The fourth-order valence-electron chi connectivity index (χ4n) is 3.41. The zero-order valence-electron chi connectivity index (χ0n) is 15.2. The van der Waals surface area contributed by atoms with Gasteiger partial charge in [0.05, 0.1) is 12.1 Å². The van der Waals surface area contributed by atoms with Crippen molar-refractivity contribution < 1.29 is 18.7 Å². The van der Waals surface area contributed by atoms with Gasteiger partial charge in [-0.25, -0.2) is 8.78 Å². The highest BCUT2D eigenvalue weighted by molar-refractivity contribution is 5.94. The van der Waals surface area contributed by atoms with Crippen LogP contribution in [0.5, 0.6) is 0 Å². The lowest BCUT2D eigenvalue weighted by atomic mass is 9.90. The van der Waals surface area contributed by atoms with E-state index in [0.29, 0.717) is 11.1 Å². The quantitative estimate of drug-likeness (QED) is 0.648. The molecule has 1 unspecified atom stereocenters. The summed E-state index contributed by atoms with van der Waals surface area (Å²) in [6, 6.07) is 7.89. The van der Waals surface area contributed by atoms with E-state index in [1.165, 1.54) is 13.0 Å². The molecule has 4 N–H and O–H groups in total. The molecule has 0 bridgehead atoms. The van der Waals surface area contributed by atoms with Crippen LogP contribution in [0, 0.1) is 11.6 Å². The van der Waals surface area contributed by atoms with Gasteiger partial charge in [-0.15, -0.1) is 0 Å². The summed E-state index contributed by atoms with van der Waals surface area (Å²) in [6.07, 6.45) is -0.741. The van der Waals surface area contributed by atoms with Crippen LogP contribution in [-0.2, 0) is 0 Å². The van der Waals surface area contributed by atoms with E-state index in [2.05, 4.69) is 16.2 Å². The summed E-state index contributed by atoms with van der Waals surface area (Å²) in [4.78, 5) is 12.6. The molecular formula is C20H23F2N3O2. The molecule has 1 amide bonds. The number of aliphatic hydroxyl groups excluding tert-OH is 1. The van der Waals surface area contributed by atoms with Crippen LogP contribution in [0.25, 0.3) is 0 Å². The highest BCUT2D eigenvalue weighted by Gasteiger charge is 2.23. The summed E-state index contributed by atoms with van der Waals surface area (Å²) >= 11 is 0. The first-order valence-electron chi connectivity index (χ1n) is 8.91. The van der Waals surface area contributed by atoms with Gasteiger partial charge in [-0.05, 0) is 49.2 Å². The molecule has 7 heteroatoms. The molecule has 0 radical (unpaired) electrons. The van der Waals surface area contributed by atoms with Crippen molar-refractivity contribution >= 4 is 5.91 Å². The van der Waals surface area contributed by atoms with E-state index in [1.807, 2.05) is 6.07 Å². The third-order valence-corrected chi connectivity index (χ3v) is 4.84. The number of hydrazine groups is 1. The first-order chi connectivity index (χ1) is 12.9. The molecule has 144 valence electrons. The number of carbonyl (C=O) groups is 1. The van der Waals surface area contributed by atoms with Crippen LogP contribution in [0.1, 0.15) is 59.0 Å². The van der Waals surface area contributed by atoms with Gasteiger partial charge in [0.25, 0.3) is 5.91 Å². The Kier molecular flexibility index (Phi) is 5.84. The van der Waals surface area contributed by atoms with Gasteiger partial charge < -0.3 is 10.4 Å². The number of aliphatic hydroxyl groups is 1. The lowest BCUT2D eigenvalue weighted by Crippen LogP contribution is -2.28. The summed E-state index contributed by atoms with van der Waals surface area (Å²) in [6.45, 7) is 4.64. The molecule has 5 nitrogen and oxygen atoms in total. The van der Waals surface area contributed by atoms with E-state index in [9.17, 15) is 18.7 Å². The van der Waals surface area contributed by atoms with Gasteiger partial charge in [-0.3, -0.25) is 15.6 Å². The zero-order chi connectivity index (χ0) is 19.6. The Morgan fingerprint density at radius 1 is 1.15 bits per heavy atom. The van der Waals surface area contributed by atoms with Crippen molar-refractivity contribution in [3.63, 3.8) is 0 Å². The molecule has 0 aliphatic carbocycles. The molecule has 1 fully saturated rings. The molecule has 0 saturated carbocycles. The highest BCUT2D eigenvalue weighted by Crippen LogP contribution is 2.28. The van der Waals surface area contributed by atoms with Crippen LogP contribution in [-0.4, -0.2) is 24.1 Å². The number of hydrogen-bond acceptors (Lipinski definition) is 4. The van der Waals surface area contributed by atoms with Crippen LogP contribution in [0.2, 0.25) is 0 Å². The molecular weight excluding hydrogens is 352 g/mol. The Balaban J connectivity index is 1.83. The average Bonchev–Trinajstić information content (AvgIpc) is 3.15. The van der Waals surface area contributed by atoms with E-state index in [0.717, 1.165) is 30.8 Å². The maximum Gasteiger partial charge on any atom is 0.251 e. The fourth-order valence-corrected chi connectivity index (χ4v) is 3.41. The first-order valence-corrected chi connectivity index (χ1v) is 8.91. The van der Waals surface area contributed by atoms with Gasteiger partial charge in [0.15, 0.2) is 0 Å². The third kappa shape index (κ3) is 4.16. The summed E-state index contributed by atoms with van der Waals surface area (Å²) in [5.74, 6) is -1.67. The minimum absolute atomic E-state index is 0.179. The van der Waals surface area contributed by atoms with Crippen LogP contribution in [0.3, 0.4) is 0 Å². The lowest BCUT2D eigenvalue weighted by Gasteiger charge is -2.19. The van der Waals surface area contributed by atoms with Gasteiger partial charge in [0, 0.05) is 30.1 Å². The normalized spacial score (nSPS) is 16.9. The second-order valence-electron chi connectivity index (χ2n) is 6.81. The largest absolute Gasteiger partial charge is 0.389 e. The summed E-state index contributed by atoms with van der Waals surface area (Å²) in [7, 11) is 0. The molecule has 0 spiro atoms. The number of halogens is 2. The molecule has 1 saturated heterocycles. The van der Waals surface area contributed by atoms with Crippen molar-refractivity contribution in [2.75, 3.05) is 13.1 Å². The number of amides is 1. The molecule has 2 aromatic carbocycles. The molecule has 2 aromatic rings. The molecule has 1 aliphatic heterocycles. The number of hydrogen-bond donors (Lipinski definition) is 4. The Labute approximate surface area is 156 Å². The number of carbonyl (C=O) groups excluding carboxylic acids is 1. The van der Waals surface area contributed by atoms with Crippen molar-refractivity contribution in [2.24, 2.45) is 0 Å². The summed E-state index contributed by atoms with van der Waals surface area (Å²) < 4.78 is 27.8. The first kappa shape index (κ1) is 19.4. The lowest BCUT2D eigenvalue weighted by molar-refractivity contribution is 0.0938. The average molecular weight is 375 g/mol. The van der Waals surface area contributed by atoms with Gasteiger partial charge in [0.1, 0.15) is 11.6 Å². The van der Waals surface area contributed by atoms with Crippen molar-refractivity contribution in [3.05, 3.63) is 70.3 Å². The van der Waals surface area contributed by atoms with E-state index < -0.39 is 29.7 Å². The minimum atomic E-state index is -0.836. The second kappa shape index (κ2) is 8.12. The van der Waals surface area contributed by atoms with Crippen molar-refractivity contribution in [2.45, 2.75) is 31.9 Å². The number of nitrogens with one attached hydrogen (secondary N) is 3. The van der Waals surface area contributed by atoms with Crippen LogP contribution in [0.15, 0.2) is 36.4 Å². The fraction of sp³-hybridized carbons (Fsp3) is 0.350. The SMILES string of the molecule is CC(O)c1cc(C(=O)N[C@H](C)c2c(F)cccc2F)ccc1C1CNNC1. The van der Waals surface area contributed by atoms with Crippen molar-refractivity contribution in [3.8, 4) is 0 Å². The van der Waals surface area contributed by atoms with Crippen molar-refractivity contribution in [1.82, 2.24) is 16.2 Å². The molecule has 2 atom stereocenters. The summed E-state index contributed by atoms with van der Waals surface area (Å²) in [5, 5.41) is 12.8. The summed E-state index contributed by atoms with van der Waals surface area (Å²) in [5.41, 5.74) is 7.88. The van der Waals surface area contributed by atoms with Gasteiger partial charge in [-0.1, -0.05) is 12.1 Å². The third-order valence-electron chi connectivity index (χ3n) is 4.84. The predicted molar refractivity (Wildman–Crippen MR) is 98.1 cm³/mol. The molecule has 1 aliphatic rings. The Morgan fingerprint density at radius 2 is 1.78 bits per heavy atom. The van der Waals surface area contributed by atoms with Gasteiger partial charge in [-0.2, -0.15) is 0 Å².